The average molecular weight is 266 g/mol. The molecule has 1 saturated heterocycles. The summed E-state index contributed by atoms with van der Waals surface area (Å²) in [5.74, 6) is 0.0360. The van der Waals surface area contributed by atoms with Crippen molar-refractivity contribution in [2.45, 2.75) is 45.2 Å². The van der Waals surface area contributed by atoms with Gasteiger partial charge in [-0.2, -0.15) is 5.26 Å². The summed E-state index contributed by atoms with van der Waals surface area (Å²) < 4.78 is 0. The highest BCUT2D eigenvalue weighted by Crippen LogP contribution is 2.18. The first-order chi connectivity index (χ1) is 8.92. The van der Waals surface area contributed by atoms with Crippen molar-refractivity contribution in [3.8, 4) is 6.07 Å². The number of nitrogens with one attached hydrogen (secondary N) is 2. The van der Waals surface area contributed by atoms with Gasteiger partial charge in [0.25, 0.3) is 0 Å². The highest BCUT2D eigenvalue weighted by molar-refractivity contribution is 5.79. The van der Waals surface area contributed by atoms with Crippen LogP contribution in [0.2, 0.25) is 0 Å². The minimum absolute atomic E-state index is 0.0549. The molecule has 0 spiro atoms. The topological polar surface area (TPSA) is 68.2 Å². The summed E-state index contributed by atoms with van der Waals surface area (Å²) in [6, 6.07) is 2.64. The molecule has 2 atom stereocenters. The van der Waals surface area contributed by atoms with Crippen molar-refractivity contribution in [1.82, 2.24) is 15.5 Å². The molecular formula is C14H26N4O. The van der Waals surface area contributed by atoms with Crippen LogP contribution in [0.15, 0.2) is 0 Å². The molecule has 2 unspecified atom stereocenters. The molecular weight excluding hydrogens is 240 g/mol. The number of nitriles is 1. The van der Waals surface area contributed by atoms with E-state index in [1.54, 1.807) is 6.92 Å². The molecule has 1 aliphatic rings. The van der Waals surface area contributed by atoms with E-state index in [1.165, 1.54) is 0 Å². The minimum Gasteiger partial charge on any atom is -0.337 e. The second-order valence-corrected chi connectivity index (χ2v) is 5.84. The fourth-order valence-electron chi connectivity index (χ4n) is 2.39. The van der Waals surface area contributed by atoms with Crippen molar-refractivity contribution in [1.29, 1.82) is 5.26 Å². The lowest BCUT2D eigenvalue weighted by atomic mass is 9.90. The second-order valence-electron chi connectivity index (χ2n) is 5.84. The fourth-order valence-corrected chi connectivity index (χ4v) is 2.39. The summed E-state index contributed by atoms with van der Waals surface area (Å²) in [5, 5.41) is 15.2. The SMILES string of the molecule is CNCC1CCCN1CC(=O)NC(C)(C#N)C(C)C. The summed E-state index contributed by atoms with van der Waals surface area (Å²) in [6.07, 6.45) is 2.27. The number of amides is 1. The number of likely N-dealkylation sites (N-methyl/N-ethyl adjacent to an activating group) is 1. The zero-order chi connectivity index (χ0) is 14.5. The number of carbonyl (C=O) groups excluding carboxylic acids is 1. The van der Waals surface area contributed by atoms with Gasteiger partial charge in [-0.15, -0.1) is 0 Å². The maximum atomic E-state index is 12.1. The van der Waals surface area contributed by atoms with Gasteiger partial charge in [0.15, 0.2) is 0 Å². The first kappa shape index (κ1) is 15.9. The number of rotatable bonds is 6. The van der Waals surface area contributed by atoms with Crippen molar-refractivity contribution in [3.63, 3.8) is 0 Å². The Kier molecular flexibility index (Phi) is 5.77. The van der Waals surface area contributed by atoms with E-state index in [1.807, 2.05) is 20.9 Å². The average Bonchev–Trinajstić information content (AvgIpc) is 2.76. The van der Waals surface area contributed by atoms with Gasteiger partial charge in [-0.1, -0.05) is 13.8 Å². The molecule has 0 bridgehead atoms. The normalized spacial score (nSPS) is 23.1. The molecule has 1 heterocycles. The van der Waals surface area contributed by atoms with Crippen LogP contribution < -0.4 is 10.6 Å². The Morgan fingerprint density at radius 2 is 2.26 bits per heavy atom. The Morgan fingerprint density at radius 1 is 1.58 bits per heavy atom. The van der Waals surface area contributed by atoms with E-state index in [-0.39, 0.29) is 11.8 Å². The van der Waals surface area contributed by atoms with Gasteiger partial charge < -0.3 is 10.6 Å². The molecule has 1 rings (SSSR count). The Balaban J connectivity index is 2.53. The number of likely N-dealkylation sites (tertiary alicyclic amines) is 1. The molecule has 0 aromatic rings. The van der Waals surface area contributed by atoms with Gasteiger partial charge in [0.05, 0.1) is 12.6 Å². The number of hydrogen-bond donors (Lipinski definition) is 2. The standard InChI is InChI=1S/C14H26N4O/c1-11(2)14(3,10-15)17-13(19)9-18-7-5-6-12(18)8-16-4/h11-12,16H,5-9H2,1-4H3,(H,17,19). The first-order valence-corrected chi connectivity index (χ1v) is 7.04. The van der Waals surface area contributed by atoms with Crippen LogP contribution in [0.4, 0.5) is 0 Å². The molecule has 5 nitrogen and oxygen atoms in total. The smallest absolute Gasteiger partial charge is 0.235 e. The predicted molar refractivity (Wildman–Crippen MR) is 75.5 cm³/mol. The van der Waals surface area contributed by atoms with E-state index in [0.29, 0.717) is 12.6 Å². The van der Waals surface area contributed by atoms with E-state index < -0.39 is 5.54 Å². The molecule has 1 amide bonds. The Labute approximate surface area is 116 Å². The quantitative estimate of drug-likeness (QED) is 0.743. The third-order valence-corrected chi connectivity index (χ3v) is 4.07. The summed E-state index contributed by atoms with van der Waals surface area (Å²) in [4.78, 5) is 14.3. The molecule has 2 N–H and O–H groups in total. The second kappa shape index (κ2) is 6.88. The van der Waals surface area contributed by atoms with E-state index in [2.05, 4.69) is 21.6 Å². The van der Waals surface area contributed by atoms with Gasteiger partial charge >= 0.3 is 0 Å². The van der Waals surface area contributed by atoms with Crippen LogP contribution in [0.3, 0.4) is 0 Å². The summed E-state index contributed by atoms with van der Waals surface area (Å²) >= 11 is 0. The van der Waals surface area contributed by atoms with Gasteiger partial charge in [-0.25, -0.2) is 0 Å². The molecule has 1 aliphatic heterocycles. The molecule has 0 radical (unpaired) electrons. The lowest BCUT2D eigenvalue weighted by Gasteiger charge is -2.29. The Hall–Kier alpha value is -1.12. The van der Waals surface area contributed by atoms with Crippen LogP contribution in [-0.4, -0.2) is 49.1 Å². The largest absolute Gasteiger partial charge is 0.337 e. The lowest BCUT2D eigenvalue weighted by molar-refractivity contribution is -0.124. The van der Waals surface area contributed by atoms with E-state index in [0.717, 1.165) is 25.9 Å². The zero-order valence-corrected chi connectivity index (χ0v) is 12.5. The highest BCUT2D eigenvalue weighted by atomic mass is 16.2. The van der Waals surface area contributed by atoms with Gasteiger partial charge in [-0.3, -0.25) is 9.69 Å². The van der Waals surface area contributed by atoms with Gasteiger partial charge in [0.1, 0.15) is 5.54 Å². The number of hydrogen-bond acceptors (Lipinski definition) is 4. The molecule has 0 saturated carbocycles. The fraction of sp³-hybridized carbons (Fsp3) is 0.857. The van der Waals surface area contributed by atoms with Crippen molar-refractivity contribution in [2.75, 3.05) is 26.7 Å². The van der Waals surface area contributed by atoms with Crippen molar-refractivity contribution < 1.29 is 4.79 Å². The maximum absolute atomic E-state index is 12.1. The third-order valence-electron chi connectivity index (χ3n) is 4.07. The van der Waals surface area contributed by atoms with Gasteiger partial charge in [0.2, 0.25) is 5.91 Å². The predicted octanol–water partition coefficient (Wildman–Crippen LogP) is 0.725. The van der Waals surface area contributed by atoms with Crippen molar-refractivity contribution >= 4 is 5.91 Å². The highest BCUT2D eigenvalue weighted by Gasteiger charge is 2.32. The molecule has 0 aromatic heterocycles. The van der Waals surface area contributed by atoms with Crippen LogP contribution in [0.5, 0.6) is 0 Å². The molecule has 0 aliphatic carbocycles. The number of nitrogens with zero attached hydrogens (tertiary/aromatic N) is 2. The van der Waals surface area contributed by atoms with Crippen LogP contribution in [0.1, 0.15) is 33.6 Å². The summed E-state index contributed by atoms with van der Waals surface area (Å²) in [6.45, 7) is 7.94. The number of carbonyl (C=O) groups is 1. The Bertz CT molecular complexity index is 350. The van der Waals surface area contributed by atoms with Gasteiger partial charge in [0, 0.05) is 12.6 Å². The van der Waals surface area contributed by atoms with Crippen LogP contribution in [0, 0.1) is 17.2 Å². The van der Waals surface area contributed by atoms with Crippen LogP contribution >= 0.6 is 0 Å². The maximum Gasteiger partial charge on any atom is 0.235 e. The molecule has 1 fully saturated rings. The zero-order valence-electron chi connectivity index (χ0n) is 12.5. The van der Waals surface area contributed by atoms with E-state index >= 15 is 0 Å². The summed E-state index contributed by atoms with van der Waals surface area (Å²) in [7, 11) is 1.93. The molecule has 108 valence electrons. The van der Waals surface area contributed by atoms with Crippen molar-refractivity contribution in [3.05, 3.63) is 0 Å². The monoisotopic (exact) mass is 266 g/mol. The molecule has 5 heteroatoms. The van der Waals surface area contributed by atoms with Crippen LogP contribution in [0.25, 0.3) is 0 Å². The molecule has 0 aromatic carbocycles. The van der Waals surface area contributed by atoms with E-state index in [4.69, 9.17) is 0 Å². The van der Waals surface area contributed by atoms with E-state index in [9.17, 15) is 10.1 Å². The molecule has 19 heavy (non-hydrogen) atoms. The van der Waals surface area contributed by atoms with Gasteiger partial charge in [-0.05, 0) is 39.3 Å². The lowest BCUT2D eigenvalue weighted by Crippen LogP contribution is -2.52. The third kappa shape index (κ3) is 4.19. The first-order valence-electron chi connectivity index (χ1n) is 7.04. The van der Waals surface area contributed by atoms with Crippen molar-refractivity contribution in [2.24, 2.45) is 5.92 Å². The summed E-state index contributed by atoms with van der Waals surface area (Å²) in [5.41, 5.74) is -0.782. The Morgan fingerprint density at radius 3 is 2.79 bits per heavy atom. The van der Waals surface area contributed by atoms with Crippen LogP contribution in [-0.2, 0) is 4.79 Å². The minimum atomic E-state index is -0.782.